The van der Waals surface area contributed by atoms with E-state index in [0.29, 0.717) is 12.3 Å². The summed E-state index contributed by atoms with van der Waals surface area (Å²) in [6, 6.07) is 0. The molecule has 0 atom stereocenters. The molecule has 0 aliphatic rings. The summed E-state index contributed by atoms with van der Waals surface area (Å²) in [6.07, 6.45) is 3.52. The third-order valence-corrected chi connectivity index (χ3v) is 1.65. The van der Waals surface area contributed by atoms with Gasteiger partial charge in [-0.05, 0) is 12.8 Å². The number of hydrogen-bond acceptors (Lipinski definition) is 2. The molecule has 2 nitrogen and oxygen atoms in total. The van der Waals surface area contributed by atoms with Gasteiger partial charge in [-0.25, -0.2) is 0 Å². The van der Waals surface area contributed by atoms with Gasteiger partial charge in [-0.1, -0.05) is 32.4 Å². The predicted octanol–water partition coefficient (Wildman–Crippen LogP) is 2.39. The Bertz CT molecular complexity index is 182. The Morgan fingerprint density at radius 3 is 2.58 bits per heavy atom. The van der Waals surface area contributed by atoms with E-state index in [1.807, 2.05) is 13.8 Å². The van der Waals surface area contributed by atoms with E-state index in [4.69, 9.17) is 0 Å². The molecule has 0 saturated carbocycles. The smallest absolute Gasteiger partial charge is 0.163 e. The van der Waals surface area contributed by atoms with E-state index in [9.17, 15) is 4.79 Å². The van der Waals surface area contributed by atoms with Crippen molar-refractivity contribution < 1.29 is 4.79 Å². The summed E-state index contributed by atoms with van der Waals surface area (Å²) < 4.78 is 0. The molecule has 0 fully saturated rings. The van der Waals surface area contributed by atoms with Crippen LogP contribution in [0.1, 0.15) is 33.1 Å². The lowest BCUT2D eigenvalue weighted by Gasteiger charge is -1.98. The van der Waals surface area contributed by atoms with Crippen LogP contribution in [0.3, 0.4) is 0 Å². The van der Waals surface area contributed by atoms with Crippen molar-refractivity contribution in [2.24, 2.45) is 4.99 Å². The maximum Gasteiger partial charge on any atom is 0.163 e. The number of aldehydes is 1. The lowest BCUT2D eigenvalue weighted by molar-refractivity contribution is -0.102. The summed E-state index contributed by atoms with van der Waals surface area (Å²) in [6.45, 7) is 8.49. The first-order chi connectivity index (χ1) is 5.74. The average Bonchev–Trinajstić information content (AvgIpc) is 2.11. The van der Waals surface area contributed by atoms with Crippen LogP contribution >= 0.6 is 0 Å². The van der Waals surface area contributed by atoms with Gasteiger partial charge in [-0.3, -0.25) is 9.79 Å². The van der Waals surface area contributed by atoms with Gasteiger partial charge in [0.05, 0.1) is 12.3 Å². The number of nitrogens with zero attached hydrogens (tertiary/aromatic N) is 1. The van der Waals surface area contributed by atoms with E-state index in [1.54, 1.807) is 0 Å². The maximum atomic E-state index is 10.4. The minimum absolute atomic E-state index is 0.602. The van der Waals surface area contributed by atoms with E-state index in [0.717, 1.165) is 31.1 Å². The van der Waals surface area contributed by atoms with E-state index in [1.165, 1.54) is 0 Å². The second-order valence-electron chi connectivity index (χ2n) is 2.78. The highest BCUT2D eigenvalue weighted by atomic mass is 16.1. The highest BCUT2D eigenvalue weighted by Gasteiger charge is 1.94. The second kappa shape index (κ2) is 6.77. The van der Waals surface area contributed by atoms with E-state index in [2.05, 4.69) is 11.6 Å². The third-order valence-electron chi connectivity index (χ3n) is 1.65. The Morgan fingerprint density at radius 1 is 1.50 bits per heavy atom. The van der Waals surface area contributed by atoms with Gasteiger partial charge >= 0.3 is 0 Å². The second-order valence-corrected chi connectivity index (χ2v) is 2.78. The molecule has 0 aromatic carbocycles. The number of carbonyl (C=O) groups is 1. The maximum absolute atomic E-state index is 10.4. The van der Waals surface area contributed by atoms with Crippen LogP contribution in [0.25, 0.3) is 0 Å². The molecule has 0 N–H and O–H groups in total. The van der Waals surface area contributed by atoms with Gasteiger partial charge in [0.25, 0.3) is 0 Å². The number of aliphatic imine (C=N–C) groups is 1. The fraction of sp³-hybridized carbons (Fsp3) is 0.600. The normalized spacial score (nSPS) is 11.3. The Kier molecular flexibility index (Phi) is 6.25. The molecular weight excluding hydrogens is 150 g/mol. The minimum Gasteiger partial charge on any atom is -0.297 e. The van der Waals surface area contributed by atoms with Gasteiger partial charge in [-0.15, -0.1) is 0 Å². The Morgan fingerprint density at radius 2 is 2.17 bits per heavy atom. The SMILES string of the molecule is C=C(CC)CN=C(C=O)CCC. The van der Waals surface area contributed by atoms with Crippen LogP contribution in [-0.2, 0) is 4.79 Å². The molecule has 0 bridgehead atoms. The van der Waals surface area contributed by atoms with Crippen molar-refractivity contribution in [3.63, 3.8) is 0 Å². The van der Waals surface area contributed by atoms with Crippen molar-refractivity contribution in [2.75, 3.05) is 6.54 Å². The van der Waals surface area contributed by atoms with E-state index < -0.39 is 0 Å². The van der Waals surface area contributed by atoms with Crippen molar-refractivity contribution in [1.29, 1.82) is 0 Å². The highest BCUT2D eigenvalue weighted by Crippen LogP contribution is 1.98. The van der Waals surface area contributed by atoms with Crippen LogP contribution in [0.15, 0.2) is 17.1 Å². The molecule has 0 aliphatic heterocycles. The van der Waals surface area contributed by atoms with E-state index in [-0.39, 0.29) is 0 Å². The molecule has 0 heterocycles. The number of hydrogen-bond donors (Lipinski definition) is 0. The third kappa shape index (κ3) is 4.83. The molecular formula is C10H17NO. The van der Waals surface area contributed by atoms with Gasteiger partial charge in [0, 0.05) is 0 Å². The first-order valence-electron chi connectivity index (χ1n) is 4.39. The average molecular weight is 167 g/mol. The van der Waals surface area contributed by atoms with Gasteiger partial charge in [0.15, 0.2) is 6.29 Å². The summed E-state index contributed by atoms with van der Waals surface area (Å²) in [5.74, 6) is 0. The lowest BCUT2D eigenvalue weighted by atomic mass is 10.2. The standard InChI is InChI=1S/C10H17NO/c1-4-6-10(8-12)11-7-9(3)5-2/h8H,3-7H2,1-2H3. The van der Waals surface area contributed by atoms with Gasteiger partial charge < -0.3 is 0 Å². The molecule has 0 aliphatic carbocycles. The van der Waals surface area contributed by atoms with Gasteiger partial charge in [0.2, 0.25) is 0 Å². The van der Waals surface area contributed by atoms with Crippen LogP contribution in [-0.4, -0.2) is 18.5 Å². The zero-order valence-corrected chi connectivity index (χ0v) is 7.97. The minimum atomic E-state index is 0.602. The molecule has 0 aromatic heterocycles. The molecule has 12 heavy (non-hydrogen) atoms. The molecule has 0 saturated heterocycles. The van der Waals surface area contributed by atoms with Crippen LogP contribution < -0.4 is 0 Å². The predicted molar refractivity (Wildman–Crippen MR) is 52.7 cm³/mol. The molecule has 0 spiro atoms. The van der Waals surface area contributed by atoms with Crippen molar-refractivity contribution in [3.8, 4) is 0 Å². The Balaban J connectivity index is 3.93. The van der Waals surface area contributed by atoms with Crippen LogP contribution in [0.2, 0.25) is 0 Å². The van der Waals surface area contributed by atoms with Crippen LogP contribution in [0.5, 0.6) is 0 Å². The van der Waals surface area contributed by atoms with Crippen molar-refractivity contribution in [3.05, 3.63) is 12.2 Å². The number of carbonyl (C=O) groups excluding carboxylic acids is 1. The first kappa shape index (κ1) is 11.1. The zero-order valence-electron chi connectivity index (χ0n) is 7.97. The Hall–Kier alpha value is -0.920. The molecule has 2 heteroatoms. The van der Waals surface area contributed by atoms with E-state index >= 15 is 0 Å². The molecule has 0 rings (SSSR count). The number of rotatable bonds is 6. The Labute approximate surface area is 74.4 Å². The fourth-order valence-electron chi connectivity index (χ4n) is 0.757. The lowest BCUT2D eigenvalue weighted by Crippen LogP contribution is -2.01. The fourth-order valence-corrected chi connectivity index (χ4v) is 0.757. The summed E-state index contributed by atoms with van der Waals surface area (Å²) in [4.78, 5) is 14.6. The molecule has 0 aromatic rings. The summed E-state index contributed by atoms with van der Waals surface area (Å²) in [5.41, 5.74) is 1.73. The van der Waals surface area contributed by atoms with Gasteiger partial charge in [0.1, 0.15) is 0 Å². The first-order valence-corrected chi connectivity index (χ1v) is 4.39. The summed E-state index contributed by atoms with van der Waals surface area (Å²) in [7, 11) is 0. The van der Waals surface area contributed by atoms with Gasteiger partial charge in [-0.2, -0.15) is 0 Å². The van der Waals surface area contributed by atoms with Crippen molar-refractivity contribution >= 4 is 12.0 Å². The molecule has 0 radical (unpaired) electrons. The zero-order chi connectivity index (χ0) is 9.40. The summed E-state index contributed by atoms with van der Waals surface area (Å²) >= 11 is 0. The molecule has 68 valence electrons. The highest BCUT2D eigenvalue weighted by molar-refractivity contribution is 6.28. The van der Waals surface area contributed by atoms with Crippen LogP contribution in [0, 0.1) is 0 Å². The summed E-state index contributed by atoms with van der Waals surface area (Å²) in [5, 5.41) is 0. The quantitative estimate of drug-likeness (QED) is 0.339. The largest absolute Gasteiger partial charge is 0.297 e. The topological polar surface area (TPSA) is 29.4 Å². The van der Waals surface area contributed by atoms with Crippen molar-refractivity contribution in [1.82, 2.24) is 0 Å². The van der Waals surface area contributed by atoms with Crippen molar-refractivity contribution in [2.45, 2.75) is 33.1 Å². The van der Waals surface area contributed by atoms with Crippen LogP contribution in [0.4, 0.5) is 0 Å². The molecule has 0 unspecified atom stereocenters. The molecule has 0 amide bonds. The monoisotopic (exact) mass is 167 g/mol.